The van der Waals surface area contributed by atoms with E-state index in [1.807, 2.05) is 36.4 Å². The van der Waals surface area contributed by atoms with E-state index in [2.05, 4.69) is 24.0 Å². The average Bonchev–Trinajstić information content (AvgIpc) is 3.36. The Labute approximate surface area is 186 Å². The highest BCUT2D eigenvalue weighted by Crippen LogP contribution is 2.44. The van der Waals surface area contributed by atoms with E-state index in [1.165, 1.54) is 0 Å². The molecule has 1 saturated heterocycles. The van der Waals surface area contributed by atoms with Crippen molar-refractivity contribution in [3.05, 3.63) is 71.8 Å². The van der Waals surface area contributed by atoms with E-state index in [1.54, 1.807) is 4.90 Å². The van der Waals surface area contributed by atoms with Gasteiger partial charge in [-0.15, -0.1) is 0 Å². The lowest BCUT2D eigenvalue weighted by Gasteiger charge is -2.24. The van der Waals surface area contributed by atoms with Gasteiger partial charge in [0, 0.05) is 25.4 Å². The number of ether oxygens (including phenoxy) is 1. The molecule has 1 heterocycles. The Morgan fingerprint density at radius 1 is 1.09 bits per heavy atom. The number of amides is 2. The highest BCUT2D eigenvalue weighted by atomic mass is 16.5. The Morgan fingerprint density at radius 3 is 2.28 bits per heavy atom. The number of alkyl carbamates (subject to hydrolysis) is 1. The molecule has 166 valence electrons. The lowest BCUT2D eigenvalue weighted by Crippen LogP contribution is -2.48. The summed E-state index contributed by atoms with van der Waals surface area (Å²) in [6, 6.07) is 15.1. The molecule has 2 N–H and O–H groups in total. The van der Waals surface area contributed by atoms with E-state index in [0.29, 0.717) is 19.5 Å². The van der Waals surface area contributed by atoms with Crippen LogP contribution in [0.1, 0.15) is 36.3 Å². The van der Waals surface area contributed by atoms with Gasteiger partial charge in [-0.05, 0) is 35.1 Å². The predicted octanol–water partition coefficient (Wildman–Crippen LogP) is 3.55. The molecule has 2 aromatic rings. The van der Waals surface area contributed by atoms with Crippen molar-refractivity contribution < 1.29 is 24.2 Å². The zero-order chi connectivity index (χ0) is 22.7. The van der Waals surface area contributed by atoms with Crippen molar-refractivity contribution in [3.63, 3.8) is 0 Å². The van der Waals surface area contributed by atoms with Crippen molar-refractivity contribution in [1.82, 2.24) is 10.2 Å². The first-order chi connectivity index (χ1) is 15.4. The number of carboxylic acid groups (broad SMARTS) is 1. The van der Waals surface area contributed by atoms with E-state index in [4.69, 9.17) is 9.84 Å². The van der Waals surface area contributed by atoms with Crippen LogP contribution >= 0.6 is 0 Å². The third kappa shape index (κ3) is 4.51. The van der Waals surface area contributed by atoms with Gasteiger partial charge < -0.3 is 20.1 Å². The van der Waals surface area contributed by atoms with Crippen LogP contribution in [0.2, 0.25) is 0 Å². The normalized spacial score (nSPS) is 15.8. The first-order valence-electron chi connectivity index (χ1n) is 10.7. The molecule has 2 aromatic carbocycles. The fourth-order valence-electron chi connectivity index (χ4n) is 4.44. The number of nitrogens with zero attached hydrogens (tertiary/aromatic N) is 1. The fraction of sp³-hybridized carbons (Fsp3) is 0.320. The second-order valence-electron chi connectivity index (χ2n) is 8.21. The van der Waals surface area contributed by atoms with Crippen LogP contribution in [0.4, 0.5) is 4.79 Å². The Bertz CT molecular complexity index is 1020. The van der Waals surface area contributed by atoms with Crippen LogP contribution in [0, 0.1) is 0 Å². The average molecular weight is 434 g/mol. The van der Waals surface area contributed by atoms with E-state index < -0.39 is 18.1 Å². The highest BCUT2D eigenvalue weighted by molar-refractivity contribution is 5.87. The number of carboxylic acids is 1. The van der Waals surface area contributed by atoms with Crippen molar-refractivity contribution in [3.8, 4) is 11.1 Å². The molecule has 1 unspecified atom stereocenters. The maximum atomic E-state index is 12.8. The smallest absolute Gasteiger partial charge is 0.407 e. The lowest BCUT2D eigenvalue weighted by atomic mass is 9.98. The minimum Gasteiger partial charge on any atom is -0.481 e. The van der Waals surface area contributed by atoms with Gasteiger partial charge in [0.25, 0.3) is 0 Å². The van der Waals surface area contributed by atoms with Crippen molar-refractivity contribution in [2.24, 2.45) is 0 Å². The molecule has 1 aliphatic heterocycles. The van der Waals surface area contributed by atoms with Gasteiger partial charge in [0.05, 0.1) is 0 Å². The Morgan fingerprint density at radius 2 is 1.72 bits per heavy atom. The quantitative estimate of drug-likeness (QED) is 0.650. The molecular weight excluding hydrogens is 408 g/mol. The maximum Gasteiger partial charge on any atom is 0.407 e. The molecule has 2 amide bonds. The number of rotatable bonds is 7. The van der Waals surface area contributed by atoms with Gasteiger partial charge in [-0.2, -0.15) is 0 Å². The molecule has 0 spiro atoms. The van der Waals surface area contributed by atoms with Crippen LogP contribution in [-0.2, 0) is 14.3 Å². The molecule has 1 aliphatic carbocycles. The number of hydrogen-bond donors (Lipinski definition) is 2. The second kappa shape index (κ2) is 9.26. The minimum atomic E-state index is -1.03. The molecule has 7 nitrogen and oxygen atoms in total. The number of fused-ring (bicyclic) bond motifs is 3. The molecule has 4 rings (SSSR count). The van der Waals surface area contributed by atoms with Gasteiger partial charge in [-0.3, -0.25) is 9.59 Å². The Kier molecular flexibility index (Phi) is 6.25. The van der Waals surface area contributed by atoms with E-state index >= 15 is 0 Å². The van der Waals surface area contributed by atoms with Gasteiger partial charge >= 0.3 is 12.1 Å². The summed E-state index contributed by atoms with van der Waals surface area (Å²) in [5.74, 6) is -1.43. The van der Waals surface area contributed by atoms with E-state index in [9.17, 15) is 14.4 Å². The number of nitrogens with one attached hydrogen (secondary N) is 1. The van der Waals surface area contributed by atoms with Crippen LogP contribution in [-0.4, -0.2) is 53.7 Å². The largest absolute Gasteiger partial charge is 0.481 e. The molecule has 32 heavy (non-hydrogen) atoms. The molecular formula is C25H26N2O5. The summed E-state index contributed by atoms with van der Waals surface area (Å²) in [5, 5.41) is 11.6. The standard InChI is InChI=1S/C25H26N2O5/c1-16-12-13-27(14-16)24(30)22(10-11-23(28)29)26-25(31)32-15-21-19-8-4-2-6-17(19)18-7-3-5-9-20(18)21/h2-9,21-22H,1,10-15H2,(H,26,31)(H,28,29). The molecule has 0 radical (unpaired) electrons. The fourth-order valence-corrected chi connectivity index (χ4v) is 4.44. The first kappa shape index (κ1) is 21.6. The maximum absolute atomic E-state index is 12.8. The number of likely N-dealkylation sites (tertiary alicyclic amines) is 1. The van der Waals surface area contributed by atoms with Crippen molar-refractivity contribution in [2.45, 2.75) is 31.2 Å². The number of aliphatic carboxylic acids is 1. The molecule has 2 aliphatic rings. The van der Waals surface area contributed by atoms with Gasteiger partial charge in [-0.25, -0.2) is 4.79 Å². The predicted molar refractivity (Wildman–Crippen MR) is 119 cm³/mol. The molecule has 0 saturated carbocycles. The SMILES string of the molecule is C=C1CCN(C(=O)C(CCC(=O)O)NC(=O)OCC2c3ccccc3-c3ccccc32)C1. The second-order valence-corrected chi connectivity index (χ2v) is 8.21. The molecule has 1 fully saturated rings. The lowest BCUT2D eigenvalue weighted by molar-refractivity contribution is -0.137. The van der Waals surface area contributed by atoms with Crippen molar-refractivity contribution in [1.29, 1.82) is 0 Å². The number of carbonyl (C=O) groups excluding carboxylic acids is 2. The van der Waals surface area contributed by atoms with Crippen LogP contribution in [0.5, 0.6) is 0 Å². The first-order valence-corrected chi connectivity index (χ1v) is 10.7. The zero-order valence-electron chi connectivity index (χ0n) is 17.8. The van der Waals surface area contributed by atoms with Crippen LogP contribution < -0.4 is 5.32 Å². The number of carbonyl (C=O) groups is 3. The van der Waals surface area contributed by atoms with E-state index in [-0.39, 0.29) is 31.3 Å². The monoisotopic (exact) mass is 434 g/mol. The van der Waals surface area contributed by atoms with Gasteiger partial charge in [-0.1, -0.05) is 60.7 Å². The minimum absolute atomic E-state index is 0.00133. The van der Waals surface area contributed by atoms with Crippen LogP contribution in [0.25, 0.3) is 11.1 Å². The molecule has 0 bridgehead atoms. The summed E-state index contributed by atoms with van der Waals surface area (Å²) < 4.78 is 5.53. The summed E-state index contributed by atoms with van der Waals surface area (Å²) in [5.41, 5.74) is 5.38. The summed E-state index contributed by atoms with van der Waals surface area (Å²) in [6.45, 7) is 4.96. The van der Waals surface area contributed by atoms with Crippen molar-refractivity contribution in [2.75, 3.05) is 19.7 Å². The Balaban J connectivity index is 1.43. The number of hydrogen-bond acceptors (Lipinski definition) is 4. The molecule has 0 aromatic heterocycles. The number of benzene rings is 2. The van der Waals surface area contributed by atoms with E-state index in [0.717, 1.165) is 27.8 Å². The van der Waals surface area contributed by atoms with Gasteiger partial charge in [0.15, 0.2) is 0 Å². The summed E-state index contributed by atoms with van der Waals surface area (Å²) in [7, 11) is 0. The molecule has 1 atom stereocenters. The van der Waals surface area contributed by atoms with Crippen molar-refractivity contribution >= 4 is 18.0 Å². The summed E-state index contributed by atoms with van der Waals surface area (Å²) >= 11 is 0. The third-order valence-electron chi connectivity index (χ3n) is 6.04. The summed E-state index contributed by atoms with van der Waals surface area (Å²) in [4.78, 5) is 38.1. The molecule has 7 heteroatoms. The summed E-state index contributed by atoms with van der Waals surface area (Å²) in [6.07, 6.45) is -0.243. The van der Waals surface area contributed by atoms with Gasteiger partial charge in [0.2, 0.25) is 5.91 Å². The zero-order valence-corrected chi connectivity index (χ0v) is 17.8. The van der Waals surface area contributed by atoms with Crippen LogP contribution in [0.15, 0.2) is 60.7 Å². The highest BCUT2D eigenvalue weighted by Gasteiger charge is 2.32. The van der Waals surface area contributed by atoms with Crippen LogP contribution in [0.3, 0.4) is 0 Å². The Hall–Kier alpha value is -3.61. The topological polar surface area (TPSA) is 95.9 Å². The third-order valence-corrected chi connectivity index (χ3v) is 6.04. The van der Waals surface area contributed by atoms with Gasteiger partial charge in [0.1, 0.15) is 12.6 Å².